The summed E-state index contributed by atoms with van der Waals surface area (Å²) >= 11 is 0. The van der Waals surface area contributed by atoms with Crippen LogP contribution in [-0.4, -0.2) is 30.4 Å². The van der Waals surface area contributed by atoms with Gasteiger partial charge in [0.1, 0.15) is 0 Å². The summed E-state index contributed by atoms with van der Waals surface area (Å²) in [6, 6.07) is 7.70. The second-order valence-electron chi connectivity index (χ2n) is 5.06. The van der Waals surface area contributed by atoms with Gasteiger partial charge < -0.3 is 16.0 Å². The zero-order valence-corrected chi connectivity index (χ0v) is 11.4. The first-order chi connectivity index (χ1) is 9.29. The van der Waals surface area contributed by atoms with Crippen LogP contribution in [0.5, 0.6) is 0 Å². The minimum Gasteiger partial charge on any atom is -0.326 e. The van der Waals surface area contributed by atoms with Gasteiger partial charge in [-0.2, -0.15) is 0 Å². The molecule has 0 aromatic heterocycles. The predicted octanol–water partition coefficient (Wildman–Crippen LogP) is 1.96. The first-order valence-corrected chi connectivity index (χ1v) is 7.10. The number of hydrogen-bond acceptors (Lipinski definition) is 3. The van der Waals surface area contributed by atoms with Crippen molar-refractivity contribution in [3.63, 3.8) is 0 Å². The lowest BCUT2D eigenvalue weighted by atomic mass is 10.1. The third-order valence-electron chi connectivity index (χ3n) is 3.59. The number of nitrogens with two attached hydrogens (primary N) is 1. The molecule has 104 valence electrons. The molecule has 1 fully saturated rings. The highest BCUT2D eigenvalue weighted by Gasteiger charge is 2.12. The molecule has 0 spiro atoms. The maximum Gasteiger partial charge on any atom is 0.224 e. The Morgan fingerprint density at radius 1 is 1.26 bits per heavy atom. The number of carbonyl (C=O) groups is 1. The summed E-state index contributed by atoms with van der Waals surface area (Å²) in [6.07, 6.45) is 4.11. The van der Waals surface area contributed by atoms with Gasteiger partial charge in [-0.1, -0.05) is 18.2 Å². The number of carbonyl (C=O) groups excluding carboxylic acids is 1. The molecule has 0 bridgehead atoms. The van der Waals surface area contributed by atoms with Crippen LogP contribution in [0.4, 0.5) is 5.69 Å². The molecular formula is C15H23N3O. The molecule has 0 radical (unpaired) electrons. The molecule has 0 atom stereocenters. The van der Waals surface area contributed by atoms with Gasteiger partial charge in [0.15, 0.2) is 0 Å². The first-order valence-electron chi connectivity index (χ1n) is 7.10. The number of amides is 1. The van der Waals surface area contributed by atoms with Gasteiger partial charge in [0.25, 0.3) is 0 Å². The quantitative estimate of drug-likeness (QED) is 0.823. The Bertz CT molecular complexity index is 414. The van der Waals surface area contributed by atoms with E-state index in [0.717, 1.165) is 24.2 Å². The van der Waals surface area contributed by atoms with Crippen molar-refractivity contribution in [1.29, 1.82) is 0 Å². The van der Waals surface area contributed by atoms with Crippen molar-refractivity contribution in [2.24, 2.45) is 5.73 Å². The van der Waals surface area contributed by atoms with Crippen LogP contribution in [0.1, 0.15) is 31.2 Å². The SMILES string of the molecule is NCc1ccccc1NC(=O)CCCN1CCCC1. The van der Waals surface area contributed by atoms with E-state index in [2.05, 4.69) is 10.2 Å². The van der Waals surface area contributed by atoms with Crippen molar-refractivity contribution >= 4 is 11.6 Å². The van der Waals surface area contributed by atoms with E-state index in [-0.39, 0.29) is 5.91 Å². The molecule has 0 aliphatic carbocycles. The van der Waals surface area contributed by atoms with Crippen LogP contribution < -0.4 is 11.1 Å². The lowest BCUT2D eigenvalue weighted by molar-refractivity contribution is -0.116. The van der Waals surface area contributed by atoms with E-state index >= 15 is 0 Å². The molecule has 0 saturated carbocycles. The van der Waals surface area contributed by atoms with Crippen LogP contribution in [0.3, 0.4) is 0 Å². The normalized spacial score (nSPS) is 15.6. The van der Waals surface area contributed by atoms with Gasteiger partial charge in [-0.15, -0.1) is 0 Å². The third kappa shape index (κ3) is 4.33. The highest BCUT2D eigenvalue weighted by molar-refractivity contribution is 5.91. The Hall–Kier alpha value is -1.39. The summed E-state index contributed by atoms with van der Waals surface area (Å²) in [6.45, 7) is 3.87. The second-order valence-corrected chi connectivity index (χ2v) is 5.06. The number of hydrogen-bond donors (Lipinski definition) is 2. The first kappa shape index (κ1) is 14.0. The molecule has 1 aliphatic rings. The van der Waals surface area contributed by atoms with E-state index in [9.17, 15) is 4.79 Å². The molecule has 1 saturated heterocycles. The van der Waals surface area contributed by atoms with Gasteiger partial charge in [-0.05, 0) is 50.5 Å². The van der Waals surface area contributed by atoms with Crippen molar-refractivity contribution in [3.8, 4) is 0 Å². The summed E-state index contributed by atoms with van der Waals surface area (Å²) in [7, 11) is 0. The topological polar surface area (TPSA) is 58.4 Å². The van der Waals surface area contributed by atoms with Gasteiger partial charge in [0.05, 0.1) is 0 Å². The molecule has 19 heavy (non-hydrogen) atoms. The van der Waals surface area contributed by atoms with Crippen LogP contribution in [0, 0.1) is 0 Å². The molecule has 3 N–H and O–H groups in total. The fourth-order valence-corrected chi connectivity index (χ4v) is 2.50. The minimum atomic E-state index is 0.0834. The second kappa shape index (κ2) is 7.26. The zero-order chi connectivity index (χ0) is 13.5. The highest BCUT2D eigenvalue weighted by atomic mass is 16.1. The summed E-state index contributed by atoms with van der Waals surface area (Å²) < 4.78 is 0. The number of rotatable bonds is 6. The van der Waals surface area contributed by atoms with E-state index < -0.39 is 0 Å². The number of nitrogens with zero attached hydrogens (tertiary/aromatic N) is 1. The van der Waals surface area contributed by atoms with Crippen LogP contribution >= 0.6 is 0 Å². The summed E-state index contributed by atoms with van der Waals surface area (Å²) in [4.78, 5) is 14.3. The third-order valence-corrected chi connectivity index (χ3v) is 3.59. The van der Waals surface area contributed by atoms with E-state index in [4.69, 9.17) is 5.73 Å². The van der Waals surface area contributed by atoms with Crippen LogP contribution in [-0.2, 0) is 11.3 Å². The average Bonchev–Trinajstić information content (AvgIpc) is 2.92. The fourth-order valence-electron chi connectivity index (χ4n) is 2.50. The molecule has 1 aliphatic heterocycles. The lowest BCUT2D eigenvalue weighted by Crippen LogP contribution is -2.22. The van der Waals surface area contributed by atoms with Crippen LogP contribution in [0.15, 0.2) is 24.3 Å². The standard InChI is InChI=1S/C15H23N3O/c16-12-13-6-1-2-7-14(13)17-15(19)8-5-11-18-9-3-4-10-18/h1-2,6-7H,3-5,8-12,16H2,(H,17,19). The number of likely N-dealkylation sites (tertiary alicyclic amines) is 1. The highest BCUT2D eigenvalue weighted by Crippen LogP contribution is 2.15. The molecule has 2 rings (SSSR count). The zero-order valence-electron chi connectivity index (χ0n) is 11.4. The molecule has 4 nitrogen and oxygen atoms in total. The molecule has 1 amide bonds. The van der Waals surface area contributed by atoms with Crippen LogP contribution in [0.2, 0.25) is 0 Å². The van der Waals surface area contributed by atoms with Crippen molar-refractivity contribution in [2.75, 3.05) is 25.0 Å². The van der Waals surface area contributed by atoms with Crippen molar-refractivity contribution in [2.45, 2.75) is 32.2 Å². The summed E-state index contributed by atoms with van der Waals surface area (Å²) in [5.41, 5.74) is 7.48. The minimum absolute atomic E-state index is 0.0834. The van der Waals surface area contributed by atoms with E-state index in [1.165, 1.54) is 25.9 Å². The van der Waals surface area contributed by atoms with E-state index in [1.54, 1.807) is 0 Å². The Balaban J connectivity index is 1.74. The van der Waals surface area contributed by atoms with Gasteiger partial charge in [-0.25, -0.2) is 0 Å². The van der Waals surface area contributed by atoms with Gasteiger partial charge >= 0.3 is 0 Å². The Kier molecular flexibility index (Phi) is 5.36. The Labute approximate surface area is 115 Å². The van der Waals surface area contributed by atoms with Crippen molar-refractivity contribution in [3.05, 3.63) is 29.8 Å². The number of benzene rings is 1. The molecule has 1 heterocycles. The lowest BCUT2D eigenvalue weighted by Gasteiger charge is -2.14. The molecule has 0 unspecified atom stereocenters. The largest absolute Gasteiger partial charge is 0.326 e. The predicted molar refractivity (Wildman–Crippen MR) is 77.9 cm³/mol. The summed E-state index contributed by atoms with van der Waals surface area (Å²) in [5.74, 6) is 0.0834. The average molecular weight is 261 g/mol. The molecule has 1 aromatic rings. The smallest absolute Gasteiger partial charge is 0.224 e. The molecular weight excluding hydrogens is 238 g/mol. The number of nitrogens with one attached hydrogen (secondary N) is 1. The van der Waals surface area contributed by atoms with Gasteiger partial charge in [-0.3, -0.25) is 4.79 Å². The van der Waals surface area contributed by atoms with Crippen molar-refractivity contribution in [1.82, 2.24) is 4.90 Å². The van der Waals surface area contributed by atoms with Gasteiger partial charge in [0, 0.05) is 18.7 Å². The van der Waals surface area contributed by atoms with E-state index in [1.807, 2.05) is 24.3 Å². The maximum absolute atomic E-state index is 11.9. The van der Waals surface area contributed by atoms with Gasteiger partial charge in [0.2, 0.25) is 5.91 Å². The van der Waals surface area contributed by atoms with E-state index in [0.29, 0.717) is 13.0 Å². The number of anilines is 1. The van der Waals surface area contributed by atoms with Crippen molar-refractivity contribution < 1.29 is 4.79 Å². The Morgan fingerprint density at radius 3 is 2.74 bits per heavy atom. The van der Waals surface area contributed by atoms with Crippen LogP contribution in [0.25, 0.3) is 0 Å². The number of para-hydroxylation sites is 1. The molecule has 1 aromatic carbocycles. The maximum atomic E-state index is 11.9. The fraction of sp³-hybridized carbons (Fsp3) is 0.533. The summed E-state index contributed by atoms with van der Waals surface area (Å²) in [5, 5.41) is 2.95. The Morgan fingerprint density at radius 2 is 2.00 bits per heavy atom. The monoisotopic (exact) mass is 261 g/mol. The molecule has 4 heteroatoms.